The van der Waals surface area contributed by atoms with Crippen LogP contribution in [-0.2, 0) is 9.59 Å². The number of hydrogen-bond acceptors (Lipinski definition) is 6. The zero-order valence-corrected chi connectivity index (χ0v) is 15.4. The zero-order valence-electron chi connectivity index (χ0n) is 15.4. The Morgan fingerprint density at radius 2 is 1.89 bits per heavy atom. The van der Waals surface area contributed by atoms with Gasteiger partial charge in [-0.15, -0.1) is 0 Å². The number of anilines is 1. The van der Waals surface area contributed by atoms with Crippen molar-refractivity contribution in [2.45, 2.75) is 19.8 Å². The van der Waals surface area contributed by atoms with E-state index in [0.29, 0.717) is 43.3 Å². The van der Waals surface area contributed by atoms with Crippen LogP contribution in [0.5, 0.6) is 11.5 Å². The van der Waals surface area contributed by atoms with Crippen LogP contribution in [0.2, 0.25) is 0 Å². The average Bonchev–Trinajstić information content (AvgIpc) is 3.11. The van der Waals surface area contributed by atoms with Crippen LogP contribution < -0.4 is 14.8 Å². The number of ether oxygens (including phenoxy) is 2. The van der Waals surface area contributed by atoms with Crippen LogP contribution >= 0.6 is 0 Å². The van der Waals surface area contributed by atoms with Crippen molar-refractivity contribution in [3.63, 3.8) is 0 Å². The maximum atomic E-state index is 12.3. The monoisotopic (exact) mass is 373 g/mol. The first-order valence-electron chi connectivity index (χ1n) is 8.84. The number of piperidine rings is 1. The first kappa shape index (κ1) is 18.8. The fourth-order valence-corrected chi connectivity index (χ4v) is 2.95. The van der Waals surface area contributed by atoms with Gasteiger partial charge in [-0.05, 0) is 44.0 Å². The maximum Gasteiger partial charge on any atom is 0.260 e. The number of carbonyl (C=O) groups excluding carboxylic acids is 2. The highest BCUT2D eigenvalue weighted by atomic mass is 16.5. The molecule has 0 spiro atoms. The highest BCUT2D eigenvalue weighted by Crippen LogP contribution is 2.21. The van der Waals surface area contributed by atoms with Gasteiger partial charge in [-0.25, -0.2) is 0 Å². The number of hydrogen-bond donors (Lipinski definition) is 1. The summed E-state index contributed by atoms with van der Waals surface area (Å²) in [6, 6.07) is 8.75. The number of rotatable bonds is 6. The molecule has 27 heavy (non-hydrogen) atoms. The fraction of sp³-hybridized carbons (Fsp3) is 0.421. The van der Waals surface area contributed by atoms with E-state index in [1.807, 2.05) is 0 Å². The second kappa shape index (κ2) is 8.57. The number of benzene rings is 1. The third-order valence-corrected chi connectivity index (χ3v) is 4.52. The summed E-state index contributed by atoms with van der Waals surface area (Å²) >= 11 is 0. The molecule has 2 aromatic rings. The summed E-state index contributed by atoms with van der Waals surface area (Å²) in [4.78, 5) is 26.3. The highest BCUT2D eigenvalue weighted by Gasteiger charge is 2.28. The average molecular weight is 373 g/mol. The maximum absolute atomic E-state index is 12.3. The smallest absolute Gasteiger partial charge is 0.260 e. The molecule has 3 rings (SSSR count). The van der Waals surface area contributed by atoms with Crippen LogP contribution in [0.4, 0.5) is 5.82 Å². The van der Waals surface area contributed by atoms with Gasteiger partial charge in [0.25, 0.3) is 5.91 Å². The second-order valence-corrected chi connectivity index (χ2v) is 6.43. The van der Waals surface area contributed by atoms with Crippen molar-refractivity contribution in [2.24, 2.45) is 5.92 Å². The lowest BCUT2D eigenvalue weighted by atomic mass is 9.96. The predicted molar refractivity (Wildman–Crippen MR) is 97.7 cm³/mol. The number of methoxy groups -OCH3 is 1. The van der Waals surface area contributed by atoms with Gasteiger partial charge in [0.1, 0.15) is 17.3 Å². The normalized spacial score (nSPS) is 14.7. The summed E-state index contributed by atoms with van der Waals surface area (Å²) < 4.78 is 15.6. The lowest BCUT2D eigenvalue weighted by Crippen LogP contribution is -2.43. The van der Waals surface area contributed by atoms with Gasteiger partial charge in [-0.2, -0.15) is 0 Å². The molecule has 8 heteroatoms. The van der Waals surface area contributed by atoms with Gasteiger partial charge < -0.3 is 24.2 Å². The van der Waals surface area contributed by atoms with Crippen molar-refractivity contribution >= 4 is 17.6 Å². The number of carbonyl (C=O) groups is 2. The molecule has 1 fully saturated rings. The molecule has 8 nitrogen and oxygen atoms in total. The first-order valence-corrected chi connectivity index (χ1v) is 8.84. The van der Waals surface area contributed by atoms with E-state index in [9.17, 15) is 9.59 Å². The highest BCUT2D eigenvalue weighted by molar-refractivity contribution is 5.91. The second-order valence-electron chi connectivity index (χ2n) is 6.43. The molecule has 0 aliphatic carbocycles. The Morgan fingerprint density at radius 3 is 2.48 bits per heavy atom. The predicted octanol–water partition coefficient (Wildman–Crippen LogP) is 2.25. The molecule has 0 radical (unpaired) electrons. The summed E-state index contributed by atoms with van der Waals surface area (Å²) in [5.41, 5.74) is 0. The lowest BCUT2D eigenvalue weighted by molar-refractivity contribution is -0.136. The Hall–Kier alpha value is -3.03. The molecule has 1 aliphatic heterocycles. The third-order valence-electron chi connectivity index (χ3n) is 4.52. The summed E-state index contributed by atoms with van der Waals surface area (Å²) in [5.74, 6) is 2.08. The molecule has 1 N–H and O–H groups in total. The van der Waals surface area contributed by atoms with Gasteiger partial charge in [0, 0.05) is 25.1 Å². The van der Waals surface area contributed by atoms with E-state index in [0.717, 1.165) is 5.75 Å². The van der Waals surface area contributed by atoms with Crippen LogP contribution in [0.3, 0.4) is 0 Å². The van der Waals surface area contributed by atoms with E-state index in [2.05, 4.69) is 10.5 Å². The quantitative estimate of drug-likeness (QED) is 0.835. The molecule has 1 aromatic heterocycles. The van der Waals surface area contributed by atoms with E-state index in [1.54, 1.807) is 49.3 Å². The van der Waals surface area contributed by atoms with E-state index >= 15 is 0 Å². The third kappa shape index (κ3) is 4.99. The molecule has 2 heterocycles. The minimum atomic E-state index is -0.145. The van der Waals surface area contributed by atoms with Crippen LogP contribution in [0.25, 0.3) is 0 Å². The summed E-state index contributed by atoms with van der Waals surface area (Å²) in [6.45, 7) is 2.80. The molecular weight excluding hydrogens is 350 g/mol. The summed E-state index contributed by atoms with van der Waals surface area (Å²) in [6.07, 6.45) is 1.22. The van der Waals surface area contributed by atoms with Crippen molar-refractivity contribution in [3.05, 3.63) is 36.1 Å². The van der Waals surface area contributed by atoms with Gasteiger partial charge in [0.15, 0.2) is 12.4 Å². The number of likely N-dealkylation sites (tertiary alicyclic amines) is 1. The zero-order chi connectivity index (χ0) is 19.2. The lowest BCUT2D eigenvalue weighted by Gasteiger charge is -2.31. The van der Waals surface area contributed by atoms with Crippen LogP contribution in [-0.4, -0.2) is 48.7 Å². The van der Waals surface area contributed by atoms with Crippen LogP contribution in [0, 0.1) is 12.8 Å². The van der Waals surface area contributed by atoms with Crippen molar-refractivity contribution in [1.82, 2.24) is 10.1 Å². The van der Waals surface area contributed by atoms with Gasteiger partial charge in [0.05, 0.1) is 7.11 Å². The molecule has 0 atom stereocenters. The number of amides is 2. The number of aromatic nitrogens is 1. The topological polar surface area (TPSA) is 93.9 Å². The van der Waals surface area contributed by atoms with E-state index in [-0.39, 0.29) is 24.3 Å². The van der Waals surface area contributed by atoms with E-state index < -0.39 is 0 Å². The molecule has 0 saturated carbocycles. The van der Waals surface area contributed by atoms with Crippen LogP contribution in [0.15, 0.2) is 34.9 Å². The van der Waals surface area contributed by atoms with Crippen LogP contribution in [0.1, 0.15) is 18.6 Å². The largest absolute Gasteiger partial charge is 0.497 e. The molecule has 2 amide bonds. The number of nitrogens with one attached hydrogen (secondary N) is 1. The van der Waals surface area contributed by atoms with Crippen molar-refractivity contribution in [2.75, 3.05) is 32.1 Å². The van der Waals surface area contributed by atoms with Gasteiger partial charge in [-0.1, -0.05) is 5.16 Å². The first-order chi connectivity index (χ1) is 13.0. The van der Waals surface area contributed by atoms with Crippen molar-refractivity contribution in [1.29, 1.82) is 0 Å². The molecule has 1 aliphatic rings. The van der Waals surface area contributed by atoms with E-state index in [4.69, 9.17) is 14.0 Å². The van der Waals surface area contributed by atoms with Crippen molar-refractivity contribution in [3.8, 4) is 11.5 Å². The van der Waals surface area contributed by atoms with E-state index in [1.165, 1.54) is 0 Å². The Kier molecular flexibility index (Phi) is 5.95. The SMILES string of the molecule is COc1ccc(OCC(=O)N2CCC(C(=O)Nc3cc(C)on3)CC2)cc1. The molecule has 1 saturated heterocycles. The Balaban J connectivity index is 1.42. The van der Waals surface area contributed by atoms with Crippen molar-refractivity contribution < 1.29 is 23.6 Å². The summed E-state index contributed by atoms with van der Waals surface area (Å²) in [5, 5.41) is 6.51. The molecule has 0 unspecified atom stereocenters. The molecule has 0 bridgehead atoms. The summed E-state index contributed by atoms with van der Waals surface area (Å²) in [7, 11) is 1.59. The Labute approximate surface area is 157 Å². The van der Waals surface area contributed by atoms with Gasteiger partial charge in [0.2, 0.25) is 5.91 Å². The molecular formula is C19H23N3O5. The minimum absolute atomic E-state index is 0.0264. The Morgan fingerprint density at radius 1 is 1.22 bits per heavy atom. The number of nitrogens with zero attached hydrogens (tertiary/aromatic N) is 2. The molecule has 144 valence electrons. The van der Waals surface area contributed by atoms with Gasteiger partial charge >= 0.3 is 0 Å². The minimum Gasteiger partial charge on any atom is -0.497 e. The fourth-order valence-electron chi connectivity index (χ4n) is 2.95. The van der Waals surface area contributed by atoms with Gasteiger partial charge in [-0.3, -0.25) is 9.59 Å². The standard InChI is InChI=1S/C19H23N3O5/c1-13-11-17(21-27-13)20-19(24)14-7-9-22(10-8-14)18(23)12-26-16-5-3-15(25-2)4-6-16/h3-6,11,14H,7-10,12H2,1-2H3,(H,20,21,24). The molecule has 1 aromatic carbocycles. The number of aryl methyl sites for hydroxylation is 1. The Bertz CT molecular complexity index is 779.